The molecule has 0 aromatic heterocycles. The third-order valence-corrected chi connectivity index (χ3v) is 5.50. The monoisotopic (exact) mass is 419 g/mol. The van der Waals surface area contributed by atoms with E-state index in [0.717, 1.165) is 49.1 Å². The number of carbonyl (C=O) groups is 1. The summed E-state index contributed by atoms with van der Waals surface area (Å²) in [5.41, 5.74) is 1.83. The molecule has 1 saturated heterocycles. The molecular weight excluding hydrogens is 395 g/mol. The van der Waals surface area contributed by atoms with E-state index >= 15 is 0 Å². The molecule has 2 aromatic rings. The number of fused-ring (bicyclic) bond motifs is 1. The molecule has 5 nitrogen and oxygen atoms in total. The molecule has 30 heavy (non-hydrogen) atoms. The number of hydrogen-bond acceptors (Lipinski definition) is 4. The van der Waals surface area contributed by atoms with Crippen molar-refractivity contribution in [3.63, 3.8) is 0 Å². The van der Waals surface area contributed by atoms with Gasteiger partial charge in [0.15, 0.2) is 0 Å². The van der Waals surface area contributed by atoms with E-state index in [1.54, 1.807) is 6.07 Å². The summed E-state index contributed by atoms with van der Waals surface area (Å²) in [5.74, 6) is 0.769. The standard InChI is InChI=1S/C22H24F3N3O2/c23-22(24,25)17-3-1-4-18(15-17)28-10-8-27(9-11-28)7-2-12-30-19-5-6-20-16(13-19)14-21(29)26-20/h1,3-6,13,15H,2,7-12,14H2,(H,26,29). The highest BCUT2D eigenvalue weighted by atomic mass is 19.4. The minimum Gasteiger partial charge on any atom is -0.494 e. The predicted octanol–water partition coefficient (Wildman–Crippen LogP) is 3.79. The summed E-state index contributed by atoms with van der Waals surface area (Å²) in [6.45, 7) is 4.48. The number of benzene rings is 2. The zero-order chi connectivity index (χ0) is 21.1. The molecule has 0 bridgehead atoms. The molecule has 0 atom stereocenters. The molecule has 1 amide bonds. The van der Waals surface area contributed by atoms with Gasteiger partial charge in [-0.1, -0.05) is 6.07 Å². The van der Waals surface area contributed by atoms with Gasteiger partial charge in [0.05, 0.1) is 18.6 Å². The summed E-state index contributed by atoms with van der Waals surface area (Å²) < 4.78 is 44.6. The lowest BCUT2D eigenvalue weighted by atomic mass is 10.1. The van der Waals surface area contributed by atoms with Crippen molar-refractivity contribution in [1.82, 2.24) is 4.90 Å². The number of halogens is 3. The fourth-order valence-electron chi connectivity index (χ4n) is 3.88. The van der Waals surface area contributed by atoms with Gasteiger partial charge in [-0.25, -0.2) is 0 Å². The molecule has 0 saturated carbocycles. The lowest BCUT2D eigenvalue weighted by molar-refractivity contribution is -0.137. The first-order valence-electron chi connectivity index (χ1n) is 10.1. The highest BCUT2D eigenvalue weighted by Gasteiger charge is 2.31. The van der Waals surface area contributed by atoms with E-state index in [9.17, 15) is 18.0 Å². The Labute approximate surface area is 173 Å². The van der Waals surface area contributed by atoms with E-state index < -0.39 is 11.7 Å². The van der Waals surface area contributed by atoms with Crippen molar-refractivity contribution in [2.45, 2.75) is 19.0 Å². The molecular formula is C22H24F3N3O2. The van der Waals surface area contributed by atoms with Crippen molar-refractivity contribution in [3.8, 4) is 5.75 Å². The Morgan fingerprint density at radius 1 is 1.03 bits per heavy atom. The largest absolute Gasteiger partial charge is 0.494 e. The van der Waals surface area contributed by atoms with Crippen LogP contribution in [0.4, 0.5) is 24.5 Å². The summed E-state index contributed by atoms with van der Waals surface area (Å²) in [5, 5.41) is 2.80. The van der Waals surface area contributed by atoms with Crippen molar-refractivity contribution in [3.05, 3.63) is 53.6 Å². The highest BCUT2D eigenvalue weighted by molar-refractivity contribution is 5.99. The average Bonchev–Trinajstić information content (AvgIpc) is 3.10. The van der Waals surface area contributed by atoms with Crippen LogP contribution >= 0.6 is 0 Å². The Bertz CT molecular complexity index is 909. The van der Waals surface area contributed by atoms with Gasteiger partial charge in [-0.3, -0.25) is 9.69 Å². The third-order valence-electron chi connectivity index (χ3n) is 5.50. The predicted molar refractivity (Wildman–Crippen MR) is 109 cm³/mol. The molecule has 0 unspecified atom stereocenters. The molecule has 4 rings (SSSR count). The van der Waals surface area contributed by atoms with Crippen LogP contribution in [0.5, 0.6) is 5.75 Å². The van der Waals surface area contributed by atoms with Gasteiger partial charge in [0.25, 0.3) is 0 Å². The molecule has 1 N–H and O–H groups in total. The van der Waals surface area contributed by atoms with Gasteiger partial charge >= 0.3 is 6.18 Å². The number of amides is 1. The first-order valence-corrected chi connectivity index (χ1v) is 10.1. The first kappa shape index (κ1) is 20.5. The Morgan fingerprint density at radius 2 is 1.83 bits per heavy atom. The number of nitrogens with zero attached hydrogens (tertiary/aromatic N) is 2. The number of nitrogens with one attached hydrogen (secondary N) is 1. The number of carbonyl (C=O) groups excluding carboxylic acids is 1. The fraction of sp³-hybridized carbons (Fsp3) is 0.409. The second-order valence-corrected chi connectivity index (χ2v) is 7.62. The molecule has 2 aromatic carbocycles. The lowest BCUT2D eigenvalue weighted by Gasteiger charge is -2.36. The van der Waals surface area contributed by atoms with Gasteiger partial charge in [0, 0.05) is 44.1 Å². The van der Waals surface area contributed by atoms with Crippen LogP contribution in [0.2, 0.25) is 0 Å². The topological polar surface area (TPSA) is 44.8 Å². The fourth-order valence-corrected chi connectivity index (χ4v) is 3.88. The van der Waals surface area contributed by atoms with Gasteiger partial charge in [0.1, 0.15) is 5.75 Å². The number of piperazine rings is 1. The summed E-state index contributed by atoms with van der Waals surface area (Å²) in [6.07, 6.45) is -3.07. The molecule has 8 heteroatoms. The van der Waals surface area contributed by atoms with E-state index in [1.807, 2.05) is 23.1 Å². The van der Waals surface area contributed by atoms with E-state index in [-0.39, 0.29) is 5.91 Å². The molecule has 160 valence electrons. The summed E-state index contributed by atoms with van der Waals surface area (Å²) in [6, 6.07) is 11.2. The van der Waals surface area contributed by atoms with Crippen LogP contribution < -0.4 is 15.0 Å². The van der Waals surface area contributed by atoms with E-state index in [0.29, 0.717) is 31.8 Å². The number of ether oxygens (including phenoxy) is 1. The second kappa shape index (κ2) is 8.55. The Hall–Kier alpha value is -2.74. The second-order valence-electron chi connectivity index (χ2n) is 7.62. The molecule has 2 aliphatic heterocycles. The zero-order valence-electron chi connectivity index (χ0n) is 16.5. The van der Waals surface area contributed by atoms with Gasteiger partial charge in [-0.2, -0.15) is 13.2 Å². The van der Waals surface area contributed by atoms with Crippen LogP contribution in [0.3, 0.4) is 0 Å². The molecule has 1 fully saturated rings. The highest BCUT2D eigenvalue weighted by Crippen LogP contribution is 2.32. The SMILES string of the molecule is O=C1Cc2cc(OCCCN3CCN(c4cccc(C(F)(F)F)c4)CC3)ccc2N1. The van der Waals surface area contributed by atoms with Crippen LogP contribution in [-0.4, -0.2) is 50.1 Å². The van der Waals surface area contributed by atoms with Crippen molar-refractivity contribution in [2.75, 3.05) is 49.5 Å². The number of rotatable bonds is 6. The van der Waals surface area contributed by atoms with Crippen LogP contribution in [0.15, 0.2) is 42.5 Å². The summed E-state index contributed by atoms with van der Waals surface area (Å²) >= 11 is 0. The van der Waals surface area contributed by atoms with E-state index in [4.69, 9.17) is 4.74 Å². The van der Waals surface area contributed by atoms with Gasteiger partial charge in [-0.15, -0.1) is 0 Å². The molecule has 0 spiro atoms. The third kappa shape index (κ3) is 4.87. The lowest BCUT2D eigenvalue weighted by Crippen LogP contribution is -2.46. The van der Waals surface area contributed by atoms with Crippen molar-refractivity contribution in [2.24, 2.45) is 0 Å². The number of hydrogen-bond donors (Lipinski definition) is 1. The van der Waals surface area contributed by atoms with Crippen molar-refractivity contribution < 1.29 is 22.7 Å². The number of alkyl halides is 3. The summed E-state index contributed by atoms with van der Waals surface area (Å²) in [7, 11) is 0. The zero-order valence-corrected chi connectivity index (χ0v) is 16.5. The van der Waals surface area contributed by atoms with Gasteiger partial charge in [0.2, 0.25) is 5.91 Å². The Morgan fingerprint density at radius 3 is 2.60 bits per heavy atom. The van der Waals surface area contributed by atoms with Crippen LogP contribution in [0.1, 0.15) is 17.5 Å². The van der Waals surface area contributed by atoms with Crippen LogP contribution in [-0.2, 0) is 17.4 Å². The first-order chi connectivity index (χ1) is 14.4. The number of anilines is 2. The molecule has 2 heterocycles. The molecule has 0 radical (unpaired) electrons. The quantitative estimate of drug-likeness (QED) is 0.724. The summed E-state index contributed by atoms with van der Waals surface area (Å²) in [4.78, 5) is 15.7. The van der Waals surface area contributed by atoms with Crippen molar-refractivity contribution >= 4 is 17.3 Å². The minimum absolute atomic E-state index is 0.00595. The van der Waals surface area contributed by atoms with E-state index in [2.05, 4.69) is 10.2 Å². The maximum atomic E-state index is 12.9. The normalized spacial score (nSPS) is 17.0. The van der Waals surface area contributed by atoms with Crippen LogP contribution in [0.25, 0.3) is 0 Å². The van der Waals surface area contributed by atoms with Crippen LogP contribution in [0, 0.1) is 0 Å². The van der Waals surface area contributed by atoms with Crippen molar-refractivity contribution in [1.29, 1.82) is 0 Å². The maximum Gasteiger partial charge on any atom is 0.416 e. The van der Waals surface area contributed by atoms with Gasteiger partial charge < -0.3 is 15.0 Å². The maximum absolute atomic E-state index is 12.9. The molecule has 0 aliphatic carbocycles. The Balaban J connectivity index is 1.20. The van der Waals surface area contributed by atoms with Gasteiger partial charge in [-0.05, 0) is 48.4 Å². The van der Waals surface area contributed by atoms with E-state index in [1.165, 1.54) is 12.1 Å². The Kier molecular flexibility index (Phi) is 5.85. The average molecular weight is 419 g/mol. The molecule has 2 aliphatic rings. The minimum atomic E-state index is -4.32. The smallest absolute Gasteiger partial charge is 0.416 e.